The summed E-state index contributed by atoms with van der Waals surface area (Å²) in [7, 11) is 0. The van der Waals surface area contributed by atoms with Crippen LogP contribution >= 0.6 is 0 Å². The number of rotatable bonds is 3. The monoisotopic (exact) mass is 536 g/mol. The summed E-state index contributed by atoms with van der Waals surface area (Å²) in [5, 5.41) is 25.3. The van der Waals surface area contributed by atoms with E-state index in [-0.39, 0.29) is 0 Å². The number of fused-ring (bicyclic) bond motifs is 6. The van der Waals surface area contributed by atoms with Gasteiger partial charge in [0, 0.05) is 43.8 Å². The molecule has 0 spiro atoms. The second-order valence-electron chi connectivity index (χ2n) is 10.3. The van der Waals surface area contributed by atoms with Gasteiger partial charge in [0.2, 0.25) is 0 Å². The molecule has 0 saturated heterocycles. The van der Waals surface area contributed by atoms with Crippen molar-refractivity contribution in [1.29, 1.82) is 10.5 Å². The molecule has 4 nitrogen and oxygen atoms in total. The Morgan fingerprint density at radius 1 is 0.429 bits per heavy atom. The summed E-state index contributed by atoms with van der Waals surface area (Å²) in [6.07, 6.45) is 0. The Bertz CT molecular complexity index is 2430. The molecule has 4 heteroatoms. The van der Waals surface area contributed by atoms with Crippen molar-refractivity contribution in [2.75, 3.05) is 0 Å². The van der Waals surface area contributed by atoms with Crippen LogP contribution in [0.4, 0.5) is 0 Å². The van der Waals surface area contributed by atoms with Crippen LogP contribution in [0.5, 0.6) is 0 Å². The average molecular weight is 537 g/mol. The first-order chi connectivity index (χ1) is 20.7. The van der Waals surface area contributed by atoms with E-state index in [0.717, 1.165) is 60.5 Å². The molecule has 0 saturated carbocycles. The fraction of sp³-hybridized carbons (Fsp3) is 0. The summed E-state index contributed by atoms with van der Waals surface area (Å²) in [6.45, 7) is 0. The van der Waals surface area contributed by atoms with Gasteiger partial charge in [-0.2, -0.15) is 10.5 Å². The molecular weight excluding hydrogens is 516 g/mol. The van der Waals surface area contributed by atoms with Crippen LogP contribution in [-0.2, 0) is 0 Å². The average Bonchev–Trinajstić information content (AvgIpc) is 3.62. The van der Waals surface area contributed by atoms with Crippen LogP contribution in [0.3, 0.4) is 0 Å². The van der Waals surface area contributed by atoms with Gasteiger partial charge in [0.05, 0.1) is 11.1 Å². The van der Waals surface area contributed by atoms with Gasteiger partial charge in [0.1, 0.15) is 34.5 Å². The zero-order chi connectivity index (χ0) is 28.2. The Morgan fingerprint density at radius 3 is 1.81 bits per heavy atom. The Kier molecular flexibility index (Phi) is 5.22. The van der Waals surface area contributed by atoms with Crippen LogP contribution in [0.15, 0.2) is 130 Å². The molecule has 8 aromatic rings. The number of benzene rings is 6. The van der Waals surface area contributed by atoms with Gasteiger partial charge in [-0.25, -0.2) is 0 Å². The van der Waals surface area contributed by atoms with Crippen molar-refractivity contribution in [2.45, 2.75) is 0 Å². The zero-order valence-corrected chi connectivity index (χ0v) is 22.3. The van der Waals surface area contributed by atoms with Gasteiger partial charge < -0.3 is 8.83 Å². The summed E-state index contributed by atoms with van der Waals surface area (Å²) in [5.41, 5.74) is 8.38. The maximum Gasteiger partial charge on any atom is 0.143 e. The van der Waals surface area contributed by atoms with Crippen LogP contribution < -0.4 is 0 Å². The van der Waals surface area contributed by atoms with Crippen LogP contribution in [0.2, 0.25) is 0 Å². The van der Waals surface area contributed by atoms with E-state index >= 15 is 0 Å². The summed E-state index contributed by atoms with van der Waals surface area (Å²) in [6, 6.07) is 44.4. The first-order valence-corrected chi connectivity index (χ1v) is 13.6. The Labute approximate surface area is 240 Å². The molecule has 6 aromatic carbocycles. The topological polar surface area (TPSA) is 73.9 Å². The quantitative estimate of drug-likeness (QED) is 0.225. The first-order valence-electron chi connectivity index (χ1n) is 13.6. The van der Waals surface area contributed by atoms with Crippen molar-refractivity contribution in [3.63, 3.8) is 0 Å². The van der Waals surface area contributed by atoms with E-state index in [2.05, 4.69) is 12.1 Å². The van der Waals surface area contributed by atoms with Gasteiger partial charge >= 0.3 is 0 Å². The third kappa shape index (κ3) is 3.47. The largest absolute Gasteiger partial charge is 0.456 e. The number of nitrogens with zero attached hydrogens (tertiary/aromatic N) is 2. The molecule has 2 aromatic heterocycles. The van der Waals surface area contributed by atoms with E-state index < -0.39 is 0 Å². The van der Waals surface area contributed by atoms with Crippen molar-refractivity contribution < 1.29 is 8.83 Å². The standard InChI is InChI=1S/C38H20N2O2/c39-21-32-30(24-17-18-27-25-11-4-6-15-34(25)41-36(27)19-24)20-31(33(22-40)37(32)23-9-2-1-3-10-23)29-14-8-13-28-26-12-5-7-16-35(26)42-38(28)29/h1-20H. The minimum atomic E-state index is 0.430. The highest BCUT2D eigenvalue weighted by Crippen LogP contribution is 2.44. The molecule has 0 aliphatic rings. The fourth-order valence-corrected chi connectivity index (χ4v) is 6.10. The highest BCUT2D eigenvalue weighted by molar-refractivity contribution is 6.11. The van der Waals surface area contributed by atoms with E-state index in [1.165, 1.54) is 0 Å². The molecule has 0 fully saturated rings. The summed E-state index contributed by atoms with van der Waals surface area (Å²) < 4.78 is 12.6. The second kappa shape index (κ2) is 9.24. The molecule has 194 valence electrons. The summed E-state index contributed by atoms with van der Waals surface area (Å²) in [4.78, 5) is 0. The van der Waals surface area contributed by atoms with Crippen molar-refractivity contribution >= 4 is 43.9 Å². The van der Waals surface area contributed by atoms with Crippen LogP contribution in [-0.4, -0.2) is 0 Å². The number of para-hydroxylation sites is 3. The number of hydrogen-bond donors (Lipinski definition) is 0. The smallest absolute Gasteiger partial charge is 0.143 e. The van der Waals surface area contributed by atoms with E-state index in [1.54, 1.807) is 0 Å². The van der Waals surface area contributed by atoms with Gasteiger partial charge in [-0.1, -0.05) is 91.0 Å². The highest BCUT2D eigenvalue weighted by Gasteiger charge is 2.24. The molecule has 42 heavy (non-hydrogen) atoms. The van der Waals surface area contributed by atoms with Crippen LogP contribution in [0, 0.1) is 22.7 Å². The molecule has 0 unspecified atom stereocenters. The summed E-state index contributed by atoms with van der Waals surface area (Å²) in [5.74, 6) is 0. The van der Waals surface area contributed by atoms with Gasteiger partial charge in [0.15, 0.2) is 0 Å². The molecule has 0 atom stereocenters. The lowest BCUT2D eigenvalue weighted by molar-refractivity contribution is 0.669. The van der Waals surface area contributed by atoms with Crippen molar-refractivity contribution in [3.8, 4) is 45.5 Å². The van der Waals surface area contributed by atoms with E-state index in [1.807, 2.05) is 121 Å². The third-order valence-electron chi connectivity index (χ3n) is 8.00. The van der Waals surface area contributed by atoms with Gasteiger partial charge in [-0.05, 0) is 41.5 Å². The lowest BCUT2D eigenvalue weighted by Crippen LogP contribution is -1.98. The molecule has 0 amide bonds. The maximum absolute atomic E-state index is 10.6. The molecular formula is C38H20N2O2. The molecule has 2 heterocycles. The molecule has 0 aliphatic heterocycles. The SMILES string of the molecule is N#Cc1c(-c2ccc3c(c2)oc2ccccc23)cc(-c2cccc3c2oc2ccccc23)c(C#N)c1-c1ccccc1. The molecule has 8 rings (SSSR count). The Morgan fingerprint density at radius 2 is 1.05 bits per heavy atom. The highest BCUT2D eigenvalue weighted by atomic mass is 16.3. The maximum atomic E-state index is 10.6. The molecule has 0 bridgehead atoms. The number of furan rings is 2. The fourth-order valence-electron chi connectivity index (χ4n) is 6.10. The first kappa shape index (κ1) is 23.8. The van der Waals surface area contributed by atoms with E-state index in [9.17, 15) is 10.5 Å². The molecule has 0 aliphatic carbocycles. The minimum Gasteiger partial charge on any atom is -0.456 e. The number of hydrogen-bond acceptors (Lipinski definition) is 4. The van der Waals surface area contributed by atoms with E-state index in [4.69, 9.17) is 8.83 Å². The predicted octanol–water partition coefficient (Wildman–Crippen LogP) is 10.2. The van der Waals surface area contributed by atoms with Crippen molar-refractivity contribution in [3.05, 3.63) is 132 Å². The van der Waals surface area contributed by atoms with Gasteiger partial charge in [0.25, 0.3) is 0 Å². The van der Waals surface area contributed by atoms with Crippen molar-refractivity contribution in [1.82, 2.24) is 0 Å². The van der Waals surface area contributed by atoms with Crippen LogP contribution in [0.25, 0.3) is 77.3 Å². The third-order valence-corrected chi connectivity index (χ3v) is 8.00. The van der Waals surface area contributed by atoms with Crippen LogP contribution in [0.1, 0.15) is 11.1 Å². The molecule has 0 N–H and O–H groups in total. The predicted molar refractivity (Wildman–Crippen MR) is 167 cm³/mol. The normalized spacial score (nSPS) is 11.3. The van der Waals surface area contributed by atoms with Crippen molar-refractivity contribution in [2.24, 2.45) is 0 Å². The lowest BCUT2D eigenvalue weighted by Gasteiger charge is -2.17. The van der Waals surface area contributed by atoms with E-state index in [0.29, 0.717) is 27.8 Å². The lowest BCUT2D eigenvalue weighted by atomic mass is 9.83. The Hall–Kier alpha value is -6.10. The minimum absolute atomic E-state index is 0.430. The Balaban J connectivity index is 1.48. The van der Waals surface area contributed by atoms with Gasteiger partial charge in [-0.15, -0.1) is 0 Å². The van der Waals surface area contributed by atoms with Gasteiger partial charge in [-0.3, -0.25) is 0 Å². The second-order valence-corrected chi connectivity index (χ2v) is 10.3. The number of nitriles is 2. The molecule has 0 radical (unpaired) electrons. The zero-order valence-electron chi connectivity index (χ0n) is 22.3. The summed E-state index contributed by atoms with van der Waals surface area (Å²) >= 11 is 0.